The van der Waals surface area contributed by atoms with Crippen molar-refractivity contribution in [1.29, 1.82) is 0 Å². The number of nitrogens with zero attached hydrogens (tertiary/aromatic N) is 1. The van der Waals surface area contributed by atoms with Gasteiger partial charge in [-0.05, 0) is 125 Å². The second-order valence-corrected chi connectivity index (χ2v) is 15.5. The van der Waals surface area contributed by atoms with Crippen molar-refractivity contribution in [3.8, 4) is 22.3 Å². The highest BCUT2D eigenvalue weighted by Gasteiger charge is 2.45. The summed E-state index contributed by atoms with van der Waals surface area (Å²) in [5.41, 5.74) is 14.4. The lowest BCUT2D eigenvalue weighted by Gasteiger charge is -2.48. The molecule has 0 aliphatic heterocycles. The molecule has 0 bridgehead atoms. The molecule has 0 aromatic heterocycles. The van der Waals surface area contributed by atoms with Crippen LogP contribution in [0.5, 0.6) is 0 Å². The predicted octanol–water partition coefficient (Wildman–Crippen LogP) is 13.0. The van der Waals surface area contributed by atoms with Crippen LogP contribution in [0.4, 0.5) is 17.1 Å². The Balaban J connectivity index is 1.26. The Kier molecular flexibility index (Phi) is 6.01. The molecule has 2 aliphatic rings. The highest BCUT2D eigenvalue weighted by molar-refractivity contribution is 6.11. The molecule has 2 aliphatic carbocycles. The number of para-hydroxylation sites is 1. The molecule has 0 amide bonds. The van der Waals surface area contributed by atoms with Crippen LogP contribution in [0.25, 0.3) is 43.8 Å². The second kappa shape index (κ2) is 9.94. The summed E-state index contributed by atoms with van der Waals surface area (Å²) in [5, 5.41) is 5.15. The van der Waals surface area contributed by atoms with Crippen molar-refractivity contribution in [3.05, 3.63) is 162 Å². The van der Waals surface area contributed by atoms with Crippen LogP contribution in [0.1, 0.15) is 63.8 Å². The molecule has 0 unspecified atom stereocenters. The highest BCUT2D eigenvalue weighted by Crippen LogP contribution is 2.55. The fourth-order valence-corrected chi connectivity index (χ4v) is 8.76. The van der Waals surface area contributed by atoms with E-state index in [0.717, 1.165) is 11.4 Å². The summed E-state index contributed by atoms with van der Waals surface area (Å²) in [6.45, 7) is 14.4. The summed E-state index contributed by atoms with van der Waals surface area (Å²) in [7, 11) is 0. The zero-order valence-corrected chi connectivity index (χ0v) is 28.7. The van der Waals surface area contributed by atoms with Crippen molar-refractivity contribution >= 4 is 38.6 Å². The van der Waals surface area contributed by atoms with Gasteiger partial charge in [-0.15, -0.1) is 0 Å². The van der Waals surface area contributed by atoms with Crippen molar-refractivity contribution in [3.63, 3.8) is 0 Å². The van der Waals surface area contributed by atoms with Crippen molar-refractivity contribution in [2.45, 2.75) is 57.8 Å². The molecule has 0 fully saturated rings. The van der Waals surface area contributed by atoms with E-state index in [1.54, 1.807) is 0 Å². The van der Waals surface area contributed by atoms with Crippen LogP contribution in [0.15, 0.2) is 140 Å². The molecule has 0 saturated heterocycles. The lowest BCUT2D eigenvalue weighted by atomic mass is 9.55. The van der Waals surface area contributed by atoms with Gasteiger partial charge in [0.2, 0.25) is 0 Å². The van der Waals surface area contributed by atoms with Crippen molar-refractivity contribution in [1.82, 2.24) is 0 Å². The third-order valence-electron chi connectivity index (χ3n) is 12.2. The van der Waals surface area contributed by atoms with E-state index >= 15 is 0 Å². The van der Waals surface area contributed by atoms with Gasteiger partial charge in [0, 0.05) is 22.5 Å². The van der Waals surface area contributed by atoms with Gasteiger partial charge in [0.25, 0.3) is 0 Å². The van der Waals surface area contributed by atoms with E-state index in [-0.39, 0.29) is 16.2 Å². The van der Waals surface area contributed by atoms with Crippen LogP contribution < -0.4 is 4.90 Å². The average molecular weight is 620 g/mol. The summed E-state index contributed by atoms with van der Waals surface area (Å²) in [4.78, 5) is 2.43. The Morgan fingerprint density at radius 3 is 1.67 bits per heavy atom. The van der Waals surface area contributed by atoms with Gasteiger partial charge in [-0.1, -0.05) is 133 Å². The summed E-state index contributed by atoms with van der Waals surface area (Å²) >= 11 is 0. The molecule has 0 spiro atoms. The van der Waals surface area contributed by atoms with Crippen molar-refractivity contribution in [2.75, 3.05) is 4.90 Å². The molecular formula is C47H41N. The number of hydrogen-bond donors (Lipinski definition) is 0. The average Bonchev–Trinajstić information content (AvgIpc) is 3.33. The first-order valence-electron chi connectivity index (χ1n) is 17.3. The first-order valence-corrected chi connectivity index (χ1v) is 17.3. The van der Waals surface area contributed by atoms with Crippen LogP contribution in [0.3, 0.4) is 0 Å². The van der Waals surface area contributed by atoms with E-state index in [0.29, 0.717) is 0 Å². The molecule has 9 rings (SSSR count). The van der Waals surface area contributed by atoms with Gasteiger partial charge in [0.05, 0.1) is 0 Å². The molecule has 0 radical (unpaired) electrons. The molecule has 0 atom stereocenters. The molecule has 1 nitrogen and oxygen atoms in total. The van der Waals surface area contributed by atoms with Gasteiger partial charge < -0.3 is 4.90 Å². The maximum Gasteiger partial charge on any atom is 0.0468 e. The number of anilines is 3. The summed E-state index contributed by atoms with van der Waals surface area (Å²) in [6.07, 6.45) is 0. The molecule has 7 aromatic carbocycles. The van der Waals surface area contributed by atoms with E-state index < -0.39 is 0 Å². The minimum Gasteiger partial charge on any atom is -0.310 e. The standard InChI is InChI=1S/C47H41N/c1-45(2)41-18-12-10-16-35(41)37-25-24-34(28-43(37)45)48(32-14-8-7-9-15-32)33-23-22-30-20-21-31-26-40-36-17-11-13-19-42(36)46(3,4)47(5,6)44(40)29-39(31)38(30)27-33/h7-29H,1-6H3. The third-order valence-corrected chi connectivity index (χ3v) is 12.2. The quantitative estimate of drug-likeness (QED) is 0.178. The highest BCUT2D eigenvalue weighted by atomic mass is 15.1. The minimum atomic E-state index is -0.0673. The van der Waals surface area contributed by atoms with Gasteiger partial charge in [-0.2, -0.15) is 0 Å². The van der Waals surface area contributed by atoms with E-state index in [9.17, 15) is 0 Å². The lowest BCUT2D eigenvalue weighted by molar-refractivity contribution is 0.299. The molecule has 0 N–H and O–H groups in total. The number of rotatable bonds is 3. The first kappa shape index (κ1) is 29.0. The SMILES string of the molecule is CC1(C)c2ccccc2-c2ccc(N(c3ccccc3)c3ccc4ccc5cc6c(cc5c4c3)C(C)(C)C(C)(C)c3ccccc3-6)cc21. The molecular weight excluding hydrogens is 579 g/mol. The molecule has 234 valence electrons. The fraction of sp³-hybridized carbons (Fsp3) is 0.191. The maximum atomic E-state index is 2.51. The Morgan fingerprint density at radius 2 is 0.896 bits per heavy atom. The smallest absolute Gasteiger partial charge is 0.0468 e. The summed E-state index contributed by atoms with van der Waals surface area (Å²) < 4.78 is 0. The van der Waals surface area contributed by atoms with Crippen molar-refractivity contribution in [2.24, 2.45) is 0 Å². The number of benzene rings is 7. The molecule has 48 heavy (non-hydrogen) atoms. The minimum absolute atomic E-state index is 0.00880. The van der Waals surface area contributed by atoms with Crippen LogP contribution in [-0.2, 0) is 16.2 Å². The van der Waals surface area contributed by atoms with Crippen LogP contribution in [0.2, 0.25) is 0 Å². The zero-order valence-electron chi connectivity index (χ0n) is 28.7. The van der Waals surface area contributed by atoms with E-state index in [2.05, 4.69) is 186 Å². The monoisotopic (exact) mass is 619 g/mol. The van der Waals surface area contributed by atoms with E-state index in [1.807, 2.05) is 0 Å². The zero-order chi connectivity index (χ0) is 33.0. The molecule has 1 heteroatoms. The van der Waals surface area contributed by atoms with Crippen molar-refractivity contribution < 1.29 is 0 Å². The van der Waals surface area contributed by atoms with Crippen LogP contribution in [-0.4, -0.2) is 0 Å². The largest absolute Gasteiger partial charge is 0.310 e. The van der Waals surface area contributed by atoms with Crippen LogP contribution in [0, 0.1) is 0 Å². The Hall–Kier alpha value is -5.14. The third kappa shape index (κ3) is 3.91. The van der Waals surface area contributed by atoms with Gasteiger partial charge in [0.15, 0.2) is 0 Å². The lowest BCUT2D eigenvalue weighted by Crippen LogP contribution is -2.43. The van der Waals surface area contributed by atoms with Gasteiger partial charge in [-0.25, -0.2) is 0 Å². The van der Waals surface area contributed by atoms with E-state index in [4.69, 9.17) is 0 Å². The normalized spacial score (nSPS) is 16.2. The Bertz CT molecular complexity index is 2430. The molecule has 0 saturated carbocycles. The summed E-state index contributed by atoms with van der Waals surface area (Å²) in [6, 6.07) is 52.3. The molecule has 0 heterocycles. The fourth-order valence-electron chi connectivity index (χ4n) is 8.76. The summed E-state index contributed by atoms with van der Waals surface area (Å²) in [5.74, 6) is 0. The first-order chi connectivity index (χ1) is 23.1. The number of hydrogen-bond acceptors (Lipinski definition) is 1. The predicted molar refractivity (Wildman–Crippen MR) is 205 cm³/mol. The Morgan fingerprint density at radius 1 is 0.354 bits per heavy atom. The maximum absolute atomic E-state index is 2.51. The molecule has 7 aromatic rings. The Labute approximate surface area is 284 Å². The van der Waals surface area contributed by atoms with E-state index in [1.165, 1.54) is 71.7 Å². The van der Waals surface area contributed by atoms with Gasteiger partial charge in [0.1, 0.15) is 0 Å². The number of fused-ring (bicyclic) bond motifs is 9. The topological polar surface area (TPSA) is 3.24 Å². The van der Waals surface area contributed by atoms with Gasteiger partial charge in [-0.3, -0.25) is 0 Å². The van der Waals surface area contributed by atoms with Crippen LogP contribution >= 0.6 is 0 Å². The second-order valence-electron chi connectivity index (χ2n) is 15.5. The van der Waals surface area contributed by atoms with Gasteiger partial charge >= 0.3 is 0 Å².